The summed E-state index contributed by atoms with van der Waals surface area (Å²) in [5.41, 5.74) is 2.26. The quantitative estimate of drug-likeness (QED) is 0.295. The molecule has 10 heteroatoms. The summed E-state index contributed by atoms with van der Waals surface area (Å²) in [6.45, 7) is 5.35. The number of amides is 3. The molecule has 2 fully saturated rings. The molecule has 5 bridgehead atoms. The second kappa shape index (κ2) is 13.9. The van der Waals surface area contributed by atoms with Gasteiger partial charge in [0.1, 0.15) is 23.7 Å². The number of nitrogens with one attached hydrogen (secondary N) is 1. The predicted octanol–water partition coefficient (Wildman–Crippen LogP) is 4.66. The average molecular weight is 690 g/mol. The summed E-state index contributed by atoms with van der Waals surface area (Å²) in [4.78, 5) is 61.0. The minimum atomic E-state index is -1.50. The first kappa shape index (κ1) is 34.4. The number of hydrogen-bond acceptors (Lipinski definition) is 7. The number of hydrogen-bond donors (Lipinski definition) is 2. The van der Waals surface area contributed by atoms with Gasteiger partial charge in [-0.05, 0) is 49.4 Å². The molecule has 264 valence electrons. The Hall–Kier alpha value is -5.06. The fourth-order valence-electron chi connectivity index (χ4n) is 8.41. The van der Waals surface area contributed by atoms with Gasteiger partial charge in [0.2, 0.25) is 11.8 Å². The van der Waals surface area contributed by atoms with Crippen LogP contribution in [0.15, 0.2) is 103 Å². The number of allylic oxidation sites excluding steroid dienone is 1. The Morgan fingerprint density at radius 3 is 2.27 bits per heavy atom. The number of aliphatic hydroxyl groups is 1. The van der Waals surface area contributed by atoms with Crippen molar-refractivity contribution >= 4 is 29.4 Å². The number of cyclic esters (lactones) is 1. The number of ether oxygens (including phenoxy) is 2. The highest BCUT2D eigenvalue weighted by Gasteiger charge is 2.74. The molecule has 3 amide bonds. The maximum Gasteiger partial charge on any atom is 0.313 e. The molecule has 4 heterocycles. The van der Waals surface area contributed by atoms with Crippen LogP contribution >= 0.6 is 0 Å². The van der Waals surface area contributed by atoms with Crippen molar-refractivity contribution < 1.29 is 33.8 Å². The molecule has 51 heavy (non-hydrogen) atoms. The Morgan fingerprint density at radius 1 is 0.902 bits per heavy atom. The van der Waals surface area contributed by atoms with E-state index >= 15 is 4.79 Å². The summed E-state index contributed by atoms with van der Waals surface area (Å²) in [6.07, 6.45) is 6.18. The average Bonchev–Trinajstić information content (AvgIpc) is 3.77. The smallest absolute Gasteiger partial charge is 0.313 e. The van der Waals surface area contributed by atoms with Gasteiger partial charge in [0.05, 0.1) is 30.7 Å². The number of rotatable bonds is 5. The van der Waals surface area contributed by atoms with Crippen molar-refractivity contribution in [3.8, 4) is 0 Å². The lowest BCUT2D eigenvalue weighted by Gasteiger charge is -2.39. The first-order valence-corrected chi connectivity index (χ1v) is 17.6. The van der Waals surface area contributed by atoms with Gasteiger partial charge in [-0.1, -0.05) is 103 Å². The molecular formula is C41H43N3O7. The van der Waals surface area contributed by atoms with Crippen molar-refractivity contribution in [2.45, 2.75) is 69.5 Å². The second-order valence-electron chi connectivity index (χ2n) is 13.9. The molecule has 0 saturated carbocycles. The number of carbonyl (C=O) groups is 4. The third kappa shape index (κ3) is 5.96. The van der Waals surface area contributed by atoms with Crippen LogP contribution in [0.2, 0.25) is 0 Å². The number of para-hydroxylation sites is 1. The van der Waals surface area contributed by atoms with Gasteiger partial charge in [0.25, 0.3) is 5.91 Å². The fourth-order valence-corrected chi connectivity index (χ4v) is 8.41. The van der Waals surface area contributed by atoms with E-state index in [1.54, 1.807) is 24.0 Å². The predicted molar refractivity (Wildman–Crippen MR) is 190 cm³/mol. The third-order valence-electron chi connectivity index (χ3n) is 10.7. The number of aryl methyl sites for hydroxylation is 2. The Balaban J connectivity index is 1.39. The van der Waals surface area contributed by atoms with E-state index in [0.29, 0.717) is 23.2 Å². The summed E-state index contributed by atoms with van der Waals surface area (Å²) in [5, 5.41) is 13.9. The van der Waals surface area contributed by atoms with E-state index in [2.05, 4.69) is 5.32 Å². The molecule has 0 aromatic heterocycles. The second-order valence-corrected chi connectivity index (χ2v) is 13.9. The van der Waals surface area contributed by atoms with E-state index in [4.69, 9.17) is 9.47 Å². The Morgan fingerprint density at radius 2 is 1.59 bits per heavy atom. The van der Waals surface area contributed by atoms with Gasteiger partial charge in [-0.25, -0.2) is 0 Å². The lowest BCUT2D eigenvalue weighted by molar-refractivity contribution is -0.161. The molecule has 3 aromatic carbocycles. The zero-order chi connectivity index (χ0) is 35.9. The number of esters is 1. The summed E-state index contributed by atoms with van der Waals surface area (Å²) in [5.74, 6) is -3.91. The fraction of sp³-hybridized carbons (Fsp3) is 0.366. The van der Waals surface area contributed by atoms with Crippen LogP contribution in [0.4, 0.5) is 5.69 Å². The minimum absolute atomic E-state index is 0.158. The van der Waals surface area contributed by atoms with Gasteiger partial charge in [-0.2, -0.15) is 0 Å². The number of benzene rings is 3. The van der Waals surface area contributed by atoms with Crippen LogP contribution in [0.5, 0.6) is 0 Å². The van der Waals surface area contributed by atoms with Crippen molar-refractivity contribution in [3.05, 3.63) is 125 Å². The summed E-state index contributed by atoms with van der Waals surface area (Å²) < 4.78 is 12.9. The number of nitrogens with zero attached hydrogens (tertiary/aromatic N) is 2. The highest BCUT2D eigenvalue weighted by molar-refractivity contribution is 6.06. The summed E-state index contributed by atoms with van der Waals surface area (Å²) >= 11 is 0. The van der Waals surface area contributed by atoms with Crippen molar-refractivity contribution in [2.75, 3.05) is 18.1 Å². The molecule has 3 aromatic rings. The zero-order valence-electron chi connectivity index (χ0n) is 29.0. The molecule has 0 aliphatic carbocycles. The lowest BCUT2D eigenvalue weighted by Crippen LogP contribution is -2.57. The maximum absolute atomic E-state index is 15.4. The molecule has 4 aliphatic heterocycles. The lowest BCUT2D eigenvalue weighted by atomic mass is 9.74. The van der Waals surface area contributed by atoms with Crippen molar-refractivity contribution in [1.29, 1.82) is 0 Å². The van der Waals surface area contributed by atoms with Crippen LogP contribution < -0.4 is 10.2 Å². The zero-order valence-corrected chi connectivity index (χ0v) is 29.0. The molecule has 8 atom stereocenters. The standard InChI is InChI=1S/C41H43N3O7/c1-25-14-13-15-26(2)35(25)43-23-12-6-11-20-32(46)42-27(3)36(29-18-9-5-10-19-29)50-40(49)33-31-21-22-41(51-31)34(33)38(47)44(37(41)39(43)48)30(24-45)28-16-7-4-8-17-28/h4-10,12-19,21-22,27,30-31,33-34,36-37,45H,11,20,23-24H2,1-3H3,(H,42,46)/b12-6-/t27-,30-,31+,33-,34-,36+,37+,41-/m1/s1. The van der Waals surface area contributed by atoms with Gasteiger partial charge < -0.3 is 29.7 Å². The summed E-state index contributed by atoms with van der Waals surface area (Å²) in [7, 11) is 0. The molecule has 0 unspecified atom stereocenters. The molecule has 10 nitrogen and oxygen atoms in total. The topological polar surface area (TPSA) is 125 Å². The number of fused-ring (bicyclic) bond motifs is 2. The van der Waals surface area contributed by atoms with Crippen molar-refractivity contribution in [1.82, 2.24) is 10.2 Å². The maximum atomic E-state index is 15.4. The highest BCUT2D eigenvalue weighted by Crippen LogP contribution is 2.57. The Kier molecular flexibility index (Phi) is 9.39. The first-order valence-electron chi connectivity index (χ1n) is 17.6. The molecule has 2 N–H and O–H groups in total. The largest absolute Gasteiger partial charge is 0.455 e. The van der Waals surface area contributed by atoms with E-state index in [9.17, 15) is 19.5 Å². The number of carbonyl (C=O) groups excluding carboxylic acids is 4. The highest BCUT2D eigenvalue weighted by atomic mass is 16.6. The number of anilines is 1. The molecule has 1 spiro atoms. The Bertz CT molecular complexity index is 1860. The van der Waals surface area contributed by atoms with Crippen LogP contribution in [0.1, 0.15) is 54.2 Å². The van der Waals surface area contributed by atoms with Crippen molar-refractivity contribution in [3.63, 3.8) is 0 Å². The van der Waals surface area contributed by atoms with E-state index in [-0.39, 0.29) is 18.9 Å². The molecule has 4 aliphatic rings. The first-order chi connectivity index (χ1) is 24.7. The van der Waals surface area contributed by atoms with Gasteiger partial charge >= 0.3 is 5.97 Å². The van der Waals surface area contributed by atoms with E-state index in [0.717, 1.165) is 11.1 Å². The van der Waals surface area contributed by atoms with Crippen LogP contribution in [0.25, 0.3) is 0 Å². The van der Waals surface area contributed by atoms with Gasteiger partial charge in [0, 0.05) is 18.7 Å². The van der Waals surface area contributed by atoms with Gasteiger partial charge in [0.15, 0.2) is 0 Å². The van der Waals surface area contributed by atoms with Crippen LogP contribution in [0.3, 0.4) is 0 Å². The number of likely N-dealkylation sites (tertiary alicyclic amines) is 1. The molecule has 2 saturated heterocycles. The molecular weight excluding hydrogens is 646 g/mol. The van der Waals surface area contributed by atoms with Crippen LogP contribution in [-0.4, -0.2) is 70.6 Å². The molecule has 7 rings (SSSR count). The molecule has 0 radical (unpaired) electrons. The minimum Gasteiger partial charge on any atom is -0.455 e. The SMILES string of the molecule is Cc1cccc(C)c1N1C/C=C\CCC(=O)N[C@H](C)[C@@H](c2ccccc2)OC(=O)[C@@H]2[C@@H]3C=C[C@]4(O3)[C@H](C1=O)N([C@H](CO)c1ccccc1)C(=O)[C@@H]24. The van der Waals surface area contributed by atoms with E-state index < -0.39 is 72.2 Å². The Labute approximate surface area is 297 Å². The summed E-state index contributed by atoms with van der Waals surface area (Å²) in [6, 6.07) is 21.4. The van der Waals surface area contributed by atoms with Crippen molar-refractivity contribution in [2.24, 2.45) is 11.8 Å². The van der Waals surface area contributed by atoms with Crippen LogP contribution in [-0.2, 0) is 28.7 Å². The third-order valence-corrected chi connectivity index (χ3v) is 10.7. The normalized spacial score (nSPS) is 30.6. The van der Waals surface area contributed by atoms with E-state index in [1.807, 2.05) is 105 Å². The van der Waals surface area contributed by atoms with Gasteiger partial charge in [-0.3, -0.25) is 19.2 Å². The van der Waals surface area contributed by atoms with Crippen LogP contribution in [0, 0.1) is 25.7 Å². The van der Waals surface area contributed by atoms with E-state index in [1.165, 1.54) is 4.90 Å². The monoisotopic (exact) mass is 689 g/mol. The number of aliphatic hydroxyl groups excluding tert-OH is 1. The van der Waals surface area contributed by atoms with Gasteiger partial charge in [-0.15, -0.1) is 0 Å².